The van der Waals surface area contributed by atoms with Crippen molar-refractivity contribution in [1.29, 1.82) is 0 Å². The summed E-state index contributed by atoms with van der Waals surface area (Å²) in [4.78, 5) is 24.5. The number of benzene rings is 2. The Morgan fingerprint density at radius 3 is 1.68 bits per heavy atom. The molecule has 0 aliphatic carbocycles. The van der Waals surface area contributed by atoms with Crippen LogP contribution in [0, 0.1) is 5.92 Å². The van der Waals surface area contributed by atoms with Crippen molar-refractivity contribution in [3.63, 3.8) is 0 Å². The minimum atomic E-state index is -0.380. The predicted octanol–water partition coefficient (Wildman–Crippen LogP) is 3.77. The Morgan fingerprint density at radius 1 is 0.760 bits per heavy atom. The Labute approximate surface area is 149 Å². The molecular weight excluding hydrogens is 312 g/mol. The zero-order valence-electron chi connectivity index (χ0n) is 15.0. The van der Waals surface area contributed by atoms with E-state index >= 15 is 0 Å². The van der Waals surface area contributed by atoms with Gasteiger partial charge < -0.3 is 10.6 Å². The SMILES string of the molecule is C[C@H](CC(=O)N[C@H](C)c1ccccc1)C(=O)N[C@H](C)c1ccccc1. The summed E-state index contributed by atoms with van der Waals surface area (Å²) in [6, 6.07) is 19.4. The van der Waals surface area contributed by atoms with Crippen LogP contribution in [-0.4, -0.2) is 11.8 Å². The summed E-state index contributed by atoms with van der Waals surface area (Å²) in [5, 5.41) is 5.92. The quantitative estimate of drug-likeness (QED) is 0.807. The monoisotopic (exact) mass is 338 g/mol. The van der Waals surface area contributed by atoms with Crippen molar-refractivity contribution in [2.45, 2.75) is 39.3 Å². The van der Waals surface area contributed by atoms with Crippen LogP contribution in [-0.2, 0) is 9.59 Å². The highest BCUT2D eigenvalue weighted by Gasteiger charge is 2.20. The molecule has 4 heteroatoms. The Kier molecular flexibility index (Phi) is 6.75. The highest BCUT2D eigenvalue weighted by Crippen LogP contribution is 2.15. The minimum Gasteiger partial charge on any atom is -0.350 e. The van der Waals surface area contributed by atoms with Gasteiger partial charge in [0.1, 0.15) is 0 Å². The first kappa shape index (κ1) is 18.7. The fourth-order valence-electron chi connectivity index (χ4n) is 2.68. The molecule has 2 aromatic rings. The van der Waals surface area contributed by atoms with Crippen molar-refractivity contribution in [3.8, 4) is 0 Å². The fourth-order valence-corrected chi connectivity index (χ4v) is 2.68. The van der Waals surface area contributed by atoms with Crippen LogP contribution in [0.3, 0.4) is 0 Å². The molecule has 0 spiro atoms. The zero-order chi connectivity index (χ0) is 18.2. The van der Waals surface area contributed by atoms with Crippen molar-refractivity contribution >= 4 is 11.8 Å². The van der Waals surface area contributed by atoms with Gasteiger partial charge in [-0.05, 0) is 25.0 Å². The molecule has 2 rings (SSSR count). The number of carbonyl (C=O) groups is 2. The molecular formula is C21H26N2O2. The second-order valence-electron chi connectivity index (χ2n) is 6.45. The van der Waals surface area contributed by atoms with E-state index < -0.39 is 0 Å². The highest BCUT2D eigenvalue weighted by atomic mass is 16.2. The largest absolute Gasteiger partial charge is 0.350 e. The summed E-state index contributed by atoms with van der Waals surface area (Å²) in [6.45, 7) is 5.66. The standard InChI is InChI=1S/C21H26N2O2/c1-15(21(25)23-17(3)19-12-8-5-9-13-19)14-20(24)22-16(2)18-10-6-4-7-11-18/h4-13,15-17H,14H2,1-3H3,(H,22,24)(H,23,25)/t15-,16-,17-/m1/s1. The van der Waals surface area contributed by atoms with Gasteiger partial charge in [-0.15, -0.1) is 0 Å². The van der Waals surface area contributed by atoms with E-state index in [0.717, 1.165) is 11.1 Å². The first-order valence-corrected chi connectivity index (χ1v) is 8.67. The molecule has 3 atom stereocenters. The summed E-state index contributed by atoms with van der Waals surface area (Å²) < 4.78 is 0. The van der Waals surface area contributed by atoms with Crippen LogP contribution in [0.5, 0.6) is 0 Å². The van der Waals surface area contributed by atoms with E-state index in [2.05, 4.69) is 10.6 Å². The second-order valence-corrected chi connectivity index (χ2v) is 6.45. The molecule has 0 heterocycles. The first-order valence-electron chi connectivity index (χ1n) is 8.67. The zero-order valence-corrected chi connectivity index (χ0v) is 15.0. The van der Waals surface area contributed by atoms with E-state index in [1.807, 2.05) is 74.5 Å². The smallest absolute Gasteiger partial charge is 0.223 e. The molecule has 2 amide bonds. The normalized spacial score (nSPS) is 14.2. The van der Waals surface area contributed by atoms with Crippen molar-refractivity contribution in [2.24, 2.45) is 5.92 Å². The second kappa shape index (κ2) is 9.02. The van der Waals surface area contributed by atoms with Gasteiger partial charge in [0.05, 0.1) is 12.1 Å². The van der Waals surface area contributed by atoms with Crippen molar-refractivity contribution < 1.29 is 9.59 Å². The molecule has 0 unspecified atom stereocenters. The van der Waals surface area contributed by atoms with Crippen LogP contribution in [0.25, 0.3) is 0 Å². The molecule has 25 heavy (non-hydrogen) atoms. The van der Waals surface area contributed by atoms with Gasteiger partial charge in [0.25, 0.3) is 0 Å². The van der Waals surface area contributed by atoms with Gasteiger partial charge in [-0.3, -0.25) is 9.59 Å². The van der Waals surface area contributed by atoms with Gasteiger partial charge >= 0.3 is 0 Å². The van der Waals surface area contributed by atoms with E-state index in [4.69, 9.17) is 0 Å². The van der Waals surface area contributed by atoms with Crippen LogP contribution in [0.1, 0.15) is 50.4 Å². The molecule has 2 aromatic carbocycles. The maximum atomic E-state index is 12.3. The van der Waals surface area contributed by atoms with E-state index in [-0.39, 0.29) is 36.2 Å². The minimum absolute atomic E-state index is 0.0767. The van der Waals surface area contributed by atoms with Gasteiger partial charge in [-0.1, -0.05) is 67.6 Å². The molecule has 0 fully saturated rings. The van der Waals surface area contributed by atoms with Crippen LogP contribution >= 0.6 is 0 Å². The van der Waals surface area contributed by atoms with Crippen molar-refractivity contribution in [2.75, 3.05) is 0 Å². The molecule has 0 aliphatic rings. The maximum absolute atomic E-state index is 12.3. The molecule has 0 saturated carbocycles. The lowest BCUT2D eigenvalue weighted by atomic mass is 10.0. The number of amides is 2. The average Bonchev–Trinajstić information content (AvgIpc) is 2.62. The molecule has 0 radical (unpaired) electrons. The summed E-state index contributed by atoms with van der Waals surface area (Å²) >= 11 is 0. The summed E-state index contributed by atoms with van der Waals surface area (Å²) in [5.74, 6) is -0.612. The van der Waals surface area contributed by atoms with Gasteiger partial charge in [0.15, 0.2) is 0 Å². The van der Waals surface area contributed by atoms with Crippen molar-refractivity contribution in [1.82, 2.24) is 10.6 Å². The number of rotatable bonds is 7. The van der Waals surface area contributed by atoms with Crippen LogP contribution in [0.15, 0.2) is 60.7 Å². The third-order valence-corrected chi connectivity index (χ3v) is 4.27. The third kappa shape index (κ3) is 5.75. The van der Waals surface area contributed by atoms with Gasteiger partial charge in [-0.2, -0.15) is 0 Å². The van der Waals surface area contributed by atoms with Gasteiger partial charge in [0, 0.05) is 12.3 Å². The Morgan fingerprint density at radius 2 is 1.20 bits per heavy atom. The maximum Gasteiger partial charge on any atom is 0.223 e. The lowest BCUT2D eigenvalue weighted by Crippen LogP contribution is -2.35. The Hall–Kier alpha value is -2.62. The van der Waals surface area contributed by atoms with Gasteiger partial charge in [-0.25, -0.2) is 0 Å². The van der Waals surface area contributed by atoms with E-state index in [0.29, 0.717) is 0 Å². The molecule has 0 bridgehead atoms. The van der Waals surface area contributed by atoms with Crippen LogP contribution in [0.4, 0.5) is 0 Å². The lowest BCUT2D eigenvalue weighted by Gasteiger charge is -2.19. The number of hydrogen-bond acceptors (Lipinski definition) is 2. The molecule has 0 saturated heterocycles. The molecule has 4 nitrogen and oxygen atoms in total. The average molecular weight is 338 g/mol. The summed E-state index contributed by atoms with van der Waals surface area (Å²) in [6.07, 6.45) is 0.171. The fraction of sp³-hybridized carbons (Fsp3) is 0.333. The molecule has 2 N–H and O–H groups in total. The first-order chi connectivity index (χ1) is 12.0. The van der Waals surface area contributed by atoms with Crippen molar-refractivity contribution in [3.05, 3.63) is 71.8 Å². The van der Waals surface area contributed by atoms with Crippen LogP contribution < -0.4 is 10.6 Å². The number of nitrogens with one attached hydrogen (secondary N) is 2. The van der Waals surface area contributed by atoms with Gasteiger partial charge in [0.2, 0.25) is 11.8 Å². The lowest BCUT2D eigenvalue weighted by molar-refractivity contribution is -0.130. The van der Waals surface area contributed by atoms with E-state index in [1.54, 1.807) is 6.92 Å². The molecule has 0 aromatic heterocycles. The summed E-state index contributed by atoms with van der Waals surface area (Å²) in [5.41, 5.74) is 2.09. The van der Waals surface area contributed by atoms with Crippen LogP contribution in [0.2, 0.25) is 0 Å². The van der Waals surface area contributed by atoms with E-state index in [1.165, 1.54) is 0 Å². The Bertz CT molecular complexity index is 686. The predicted molar refractivity (Wildman–Crippen MR) is 99.8 cm³/mol. The molecule has 0 aliphatic heterocycles. The van der Waals surface area contributed by atoms with E-state index in [9.17, 15) is 9.59 Å². The molecule has 132 valence electrons. The Balaban J connectivity index is 1.83. The number of carbonyl (C=O) groups excluding carboxylic acids is 2. The number of hydrogen-bond donors (Lipinski definition) is 2. The summed E-state index contributed by atoms with van der Waals surface area (Å²) in [7, 11) is 0. The third-order valence-electron chi connectivity index (χ3n) is 4.27. The highest BCUT2D eigenvalue weighted by molar-refractivity contribution is 5.85. The topological polar surface area (TPSA) is 58.2 Å².